The molecule has 1 rings (SSSR count). The number of primary amides is 1. The lowest BCUT2D eigenvalue weighted by Crippen LogP contribution is -2.54. The maximum Gasteiger partial charge on any atom is 0.235 e. The van der Waals surface area contributed by atoms with E-state index in [1.807, 2.05) is 0 Å². The number of carbonyl (C=O) groups is 1. The van der Waals surface area contributed by atoms with Gasteiger partial charge in [-0.1, -0.05) is 18.6 Å². The number of piperidine rings is 1. The third-order valence-corrected chi connectivity index (χ3v) is 5.70. The average Bonchev–Trinajstić information content (AvgIpc) is 2.27. The maximum absolute atomic E-state index is 12.2. The molecule has 2 atom stereocenters. The molecule has 17 heavy (non-hydrogen) atoms. The number of nitrogens with zero attached hydrogens (tertiary/aromatic N) is 1. The summed E-state index contributed by atoms with van der Waals surface area (Å²) in [7, 11) is -3.69. The van der Waals surface area contributed by atoms with Gasteiger partial charge in [0.05, 0.1) is 4.99 Å². The smallest absolute Gasteiger partial charge is 0.235 e. The molecule has 1 aliphatic heterocycles. The number of nitrogens with two attached hydrogens (primary N) is 2. The molecule has 0 bridgehead atoms. The predicted molar refractivity (Wildman–Crippen MR) is 68.7 cm³/mol. The fourth-order valence-corrected chi connectivity index (χ4v) is 3.86. The number of sulfonamides is 1. The number of rotatable bonds is 4. The Morgan fingerprint density at radius 2 is 2.00 bits per heavy atom. The molecule has 1 aliphatic rings. The van der Waals surface area contributed by atoms with Crippen molar-refractivity contribution in [3.63, 3.8) is 0 Å². The van der Waals surface area contributed by atoms with Gasteiger partial charge in [0, 0.05) is 6.54 Å². The number of hydrogen-bond donors (Lipinski definition) is 2. The summed E-state index contributed by atoms with van der Waals surface area (Å²) in [4.78, 5) is 11.2. The Hall–Kier alpha value is -0.730. The molecule has 2 unspecified atom stereocenters. The highest BCUT2D eigenvalue weighted by molar-refractivity contribution is 7.92. The lowest BCUT2D eigenvalue weighted by Gasteiger charge is -2.34. The summed E-state index contributed by atoms with van der Waals surface area (Å²) in [5.74, 6) is -0.622. The van der Waals surface area contributed by atoms with Gasteiger partial charge in [-0.15, -0.1) is 0 Å². The molecule has 1 amide bonds. The van der Waals surface area contributed by atoms with E-state index in [1.165, 1.54) is 6.92 Å². The van der Waals surface area contributed by atoms with Crippen molar-refractivity contribution < 1.29 is 13.2 Å². The van der Waals surface area contributed by atoms with Gasteiger partial charge in [0.2, 0.25) is 15.9 Å². The number of hydrogen-bond acceptors (Lipinski definition) is 4. The Labute approximate surface area is 106 Å². The van der Waals surface area contributed by atoms with Gasteiger partial charge in [0.15, 0.2) is 0 Å². The second-order valence-electron chi connectivity index (χ2n) is 4.11. The lowest BCUT2D eigenvalue weighted by molar-refractivity contribution is -0.122. The van der Waals surface area contributed by atoms with E-state index >= 15 is 0 Å². The Kier molecular flexibility index (Phi) is 4.45. The maximum atomic E-state index is 12.2. The van der Waals surface area contributed by atoms with Crippen LogP contribution in [0.15, 0.2) is 0 Å². The van der Waals surface area contributed by atoms with E-state index in [-0.39, 0.29) is 4.99 Å². The summed E-state index contributed by atoms with van der Waals surface area (Å²) in [5.41, 5.74) is 10.6. The fraction of sp³-hybridized carbons (Fsp3) is 0.778. The summed E-state index contributed by atoms with van der Waals surface area (Å²) in [6.07, 6.45) is 1.97. The zero-order chi connectivity index (χ0) is 13.2. The second-order valence-corrected chi connectivity index (χ2v) is 6.79. The van der Waals surface area contributed by atoms with Crippen LogP contribution in [0.2, 0.25) is 0 Å². The molecule has 1 saturated heterocycles. The number of thiocarbonyl (C=S) groups is 1. The molecule has 0 aromatic rings. The molecule has 98 valence electrons. The first kappa shape index (κ1) is 14.3. The van der Waals surface area contributed by atoms with E-state index in [4.69, 9.17) is 23.7 Å². The molecule has 0 spiro atoms. The zero-order valence-corrected chi connectivity index (χ0v) is 11.3. The minimum Gasteiger partial charge on any atom is -0.392 e. The third-order valence-electron chi connectivity index (χ3n) is 2.96. The van der Waals surface area contributed by atoms with Gasteiger partial charge in [-0.2, -0.15) is 4.31 Å². The predicted octanol–water partition coefficient (Wildman–Crippen LogP) is -0.669. The Morgan fingerprint density at radius 3 is 2.47 bits per heavy atom. The molecule has 8 heteroatoms. The van der Waals surface area contributed by atoms with Gasteiger partial charge in [-0.05, 0) is 19.8 Å². The first-order valence-corrected chi connectivity index (χ1v) is 7.29. The van der Waals surface area contributed by atoms with Crippen LogP contribution in [0.1, 0.15) is 26.2 Å². The van der Waals surface area contributed by atoms with Crippen LogP contribution in [0.5, 0.6) is 0 Å². The summed E-state index contributed by atoms with van der Waals surface area (Å²) in [5, 5.41) is -0.975. The number of amides is 1. The van der Waals surface area contributed by atoms with Gasteiger partial charge in [-0.3, -0.25) is 4.79 Å². The van der Waals surface area contributed by atoms with E-state index in [9.17, 15) is 13.2 Å². The van der Waals surface area contributed by atoms with Crippen molar-refractivity contribution in [2.45, 2.75) is 37.5 Å². The molecule has 4 N–H and O–H groups in total. The van der Waals surface area contributed by atoms with Crippen LogP contribution in [0.4, 0.5) is 0 Å². The van der Waals surface area contributed by atoms with Crippen LogP contribution in [-0.2, 0) is 14.8 Å². The van der Waals surface area contributed by atoms with Gasteiger partial charge >= 0.3 is 0 Å². The third kappa shape index (κ3) is 2.93. The topological polar surface area (TPSA) is 106 Å². The Balaban J connectivity index is 3.03. The van der Waals surface area contributed by atoms with Crippen molar-refractivity contribution in [2.75, 3.05) is 6.54 Å². The summed E-state index contributed by atoms with van der Waals surface area (Å²) < 4.78 is 25.5. The molecule has 0 saturated carbocycles. The van der Waals surface area contributed by atoms with Crippen LogP contribution in [0.3, 0.4) is 0 Å². The first-order chi connectivity index (χ1) is 7.78. The van der Waals surface area contributed by atoms with Crippen molar-refractivity contribution in [1.82, 2.24) is 4.31 Å². The molecule has 0 aromatic heterocycles. The van der Waals surface area contributed by atoms with Gasteiger partial charge in [0.1, 0.15) is 11.3 Å². The van der Waals surface area contributed by atoms with Gasteiger partial charge < -0.3 is 11.5 Å². The average molecular weight is 279 g/mol. The first-order valence-electron chi connectivity index (χ1n) is 5.37. The Morgan fingerprint density at radius 1 is 1.41 bits per heavy atom. The normalized spacial score (nSPS) is 24.2. The van der Waals surface area contributed by atoms with Crippen LogP contribution >= 0.6 is 12.2 Å². The fourth-order valence-electron chi connectivity index (χ4n) is 1.84. The Bertz CT molecular complexity index is 421. The summed E-state index contributed by atoms with van der Waals surface area (Å²) in [6.45, 7) is 1.72. The molecular weight excluding hydrogens is 262 g/mol. The highest BCUT2D eigenvalue weighted by Crippen LogP contribution is 2.22. The summed E-state index contributed by atoms with van der Waals surface area (Å²) in [6, 6.07) is -0.773. The van der Waals surface area contributed by atoms with E-state index in [0.29, 0.717) is 19.4 Å². The monoisotopic (exact) mass is 279 g/mol. The molecule has 6 nitrogen and oxygen atoms in total. The highest BCUT2D eigenvalue weighted by Gasteiger charge is 2.39. The van der Waals surface area contributed by atoms with Crippen LogP contribution in [0.25, 0.3) is 0 Å². The van der Waals surface area contributed by atoms with E-state index in [2.05, 4.69) is 0 Å². The molecular formula is C9H17N3O3S2. The molecule has 0 aromatic carbocycles. The number of carbonyl (C=O) groups excluding carboxylic acids is 1. The standard InChI is InChI=1S/C9H17N3O3S2/c1-6(9(11)16)17(14,15)12-5-3-2-4-7(12)8(10)13/h6-7H,2-5H2,1H3,(H2,10,13)(H2,11,16). The van der Waals surface area contributed by atoms with Crippen molar-refractivity contribution in [3.8, 4) is 0 Å². The van der Waals surface area contributed by atoms with E-state index < -0.39 is 27.2 Å². The van der Waals surface area contributed by atoms with Gasteiger partial charge in [0.25, 0.3) is 0 Å². The van der Waals surface area contributed by atoms with Crippen molar-refractivity contribution in [2.24, 2.45) is 11.5 Å². The molecule has 1 fully saturated rings. The van der Waals surface area contributed by atoms with Crippen LogP contribution in [-0.4, -0.2) is 41.5 Å². The zero-order valence-electron chi connectivity index (χ0n) is 9.63. The minimum absolute atomic E-state index is 0.0983. The van der Waals surface area contributed by atoms with Crippen molar-refractivity contribution in [3.05, 3.63) is 0 Å². The molecule has 0 aliphatic carbocycles. The largest absolute Gasteiger partial charge is 0.392 e. The highest BCUT2D eigenvalue weighted by atomic mass is 32.2. The second kappa shape index (κ2) is 5.28. The minimum atomic E-state index is -3.69. The molecule has 0 radical (unpaired) electrons. The van der Waals surface area contributed by atoms with E-state index in [1.54, 1.807) is 0 Å². The summed E-state index contributed by atoms with van der Waals surface area (Å²) >= 11 is 4.70. The SMILES string of the molecule is CC(C(N)=S)S(=O)(=O)N1CCCCC1C(N)=O. The van der Waals surface area contributed by atoms with Crippen LogP contribution < -0.4 is 11.5 Å². The van der Waals surface area contributed by atoms with Crippen molar-refractivity contribution >= 4 is 33.1 Å². The molecule has 1 heterocycles. The van der Waals surface area contributed by atoms with Gasteiger partial charge in [-0.25, -0.2) is 8.42 Å². The van der Waals surface area contributed by atoms with Crippen LogP contribution in [0, 0.1) is 0 Å². The quantitative estimate of drug-likeness (QED) is 0.664. The van der Waals surface area contributed by atoms with Crippen molar-refractivity contribution in [1.29, 1.82) is 0 Å². The lowest BCUT2D eigenvalue weighted by atomic mass is 10.0. The van der Waals surface area contributed by atoms with E-state index in [0.717, 1.165) is 10.7 Å².